The maximum Gasteiger partial charge on any atom is 0.268 e. The summed E-state index contributed by atoms with van der Waals surface area (Å²) in [6.07, 6.45) is 4.52. The first-order valence-corrected chi connectivity index (χ1v) is 11.7. The Balaban J connectivity index is 1.51. The van der Waals surface area contributed by atoms with E-state index in [1.165, 1.54) is 30.7 Å². The standard InChI is InChI=1S/C23H22N6O4S/c1-23(2,3)22(30)26-16-7-9-17(10-8-16)29-34(31,32)18-6-4-5-15(13-18)20-27-28-21(33-20)19-14-24-11-12-25-19/h4-14,29H,1-3H3,(H,26,30). The Morgan fingerprint density at radius 2 is 1.65 bits per heavy atom. The maximum atomic E-state index is 12.9. The quantitative estimate of drug-likeness (QED) is 0.424. The van der Waals surface area contributed by atoms with Gasteiger partial charge in [-0.1, -0.05) is 26.8 Å². The smallest absolute Gasteiger partial charge is 0.268 e. The van der Waals surface area contributed by atoms with Crippen LogP contribution in [0, 0.1) is 5.41 Å². The summed E-state index contributed by atoms with van der Waals surface area (Å²) < 4.78 is 34.0. The number of rotatable bonds is 6. The maximum absolute atomic E-state index is 12.9. The van der Waals surface area contributed by atoms with Gasteiger partial charge in [-0.25, -0.2) is 13.4 Å². The Kier molecular flexibility index (Phi) is 6.12. The summed E-state index contributed by atoms with van der Waals surface area (Å²) >= 11 is 0. The lowest BCUT2D eigenvalue weighted by Gasteiger charge is -2.17. The van der Waals surface area contributed by atoms with Crippen LogP contribution < -0.4 is 10.0 Å². The minimum Gasteiger partial charge on any atom is -0.415 e. The van der Waals surface area contributed by atoms with Gasteiger partial charge < -0.3 is 9.73 Å². The van der Waals surface area contributed by atoms with Gasteiger partial charge in [-0.2, -0.15) is 0 Å². The van der Waals surface area contributed by atoms with Crippen LogP contribution in [0.1, 0.15) is 20.8 Å². The molecule has 2 aromatic carbocycles. The minimum atomic E-state index is -3.90. The molecule has 0 aliphatic heterocycles. The molecule has 4 rings (SSSR count). The monoisotopic (exact) mass is 478 g/mol. The molecule has 1 amide bonds. The van der Waals surface area contributed by atoms with Gasteiger partial charge in [0.15, 0.2) is 0 Å². The molecule has 10 nitrogen and oxygen atoms in total. The van der Waals surface area contributed by atoms with Crippen LogP contribution in [0.5, 0.6) is 0 Å². The normalized spacial score (nSPS) is 11.7. The predicted octanol–water partition coefficient (Wildman–Crippen LogP) is 3.98. The van der Waals surface area contributed by atoms with Crippen LogP contribution in [-0.4, -0.2) is 34.5 Å². The fourth-order valence-electron chi connectivity index (χ4n) is 2.80. The van der Waals surface area contributed by atoms with Gasteiger partial charge in [0, 0.05) is 34.7 Å². The summed E-state index contributed by atoms with van der Waals surface area (Å²) in [6, 6.07) is 12.6. The Labute approximate surface area is 196 Å². The molecular formula is C23H22N6O4S. The molecule has 0 radical (unpaired) electrons. The second kappa shape index (κ2) is 9.02. The highest BCUT2D eigenvalue weighted by atomic mass is 32.2. The van der Waals surface area contributed by atoms with E-state index in [1.54, 1.807) is 36.4 Å². The van der Waals surface area contributed by atoms with Crippen molar-refractivity contribution in [1.82, 2.24) is 20.2 Å². The largest absolute Gasteiger partial charge is 0.415 e. The van der Waals surface area contributed by atoms with Crippen molar-refractivity contribution in [3.05, 3.63) is 67.1 Å². The highest BCUT2D eigenvalue weighted by Crippen LogP contribution is 2.26. The fraction of sp³-hybridized carbons (Fsp3) is 0.174. The second-order valence-corrected chi connectivity index (χ2v) is 10.1. The molecule has 34 heavy (non-hydrogen) atoms. The molecule has 0 fully saturated rings. The summed E-state index contributed by atoms with van der Waals surface area (Å²) in [7, 11) is -3.90. The van der Waals surface area contributed by atoms with E-state index in [0.717, 1.165) is 0 Å². The van der Waals surface area contributed by atoms with Crippen LogP contribution in [0.4, 0.5) is 11.4 Å². The van der Waals surface area contributed by atoms with Crippen LogP contribution in [0.2, 0.25) is 0 Å². The summed E-state index contributed by atoms with van der Waals surface area (Å²) in [4.78, 5) is 20.2. The van der Waals surface area contributed by atoms with Gasteiger partial charge >= 0.3 is 0 Å². The average molecular weight is 479 g/mol. The summed E-state index contributed by atoms with van der Waals surface area (Å²) in [5, 5.41) is 10.7. The van der Waals surface area contributed by atoms with Gasteiger partial charge in [0.05, 0.1) is 11.1 Å². The first kappa shape index (κ1) is 23.1. The lowest BCUT2D eigenvalue weighted by atomic mass is 9.95. The number of sulfonamides is 1. The Bertz CT molecular complexity index is 1410. The van der Waals surface area contributed by atoms with E-state index in [0.29, 0.717) is 22.6 Å². The zero-order valence-corrected chi connectivity index (χ0v) is 19.5. The van der Waals surface area contributed by atoms with Crippen LogP contribution in [0.3, 0.4) is 0 Å². The number of carbonyl (C=O) groups is 1. The molecule has 4 aromatic rings. The number of hydrogen-bond acceptors (Lipinski definition) is 8. The topological polar surface area (TPSA) is 140 Å². The lowest BCUT2D eigenvalue weighted by Crippen LogP contribution is -2.27. The van der Waals surface area contributed by atoms with E-state index in [4.69, 9.17) is 4.42 Å². The fourth-order valence-corrected chi connectivity index (χ4v) is 3.91. The Morgan fingerprint density at radius 3 is 2.32 bits per heavy atom. The van der Waals surface area contributed by atoms with E-state index >= 15 is 0 Å². The van der Waals surface area contributed by atoms with Crippen molar-refractivity contribution in [3.8, 4) is 23.0 Å². The van der Waals surface area contributed by atoms with E-state index in [2.05, 4.69) is 30.2 Å². The number of hydrogen-bond donors (Lipinski definition) is 2. The van der Waals surface area contributed by atoms with Crippen molar-refractivity contribution >= 4 is 27.3 Å². The Morgan fingerprint density at radius 1 is 0.941 bits per heavy atom. The van der Waals surface area contributed by atoms with Crippen molar-refractivity contribution in [2.75, 3.05) is 10.0 Å². The molecule has 0 saturated carbocycles. The second-order valence-electron chi connectivity index (χ2n) is 8.42. The van der Waals surface area contributed by atoms with E-state index < -0.39 is 15.4 Å². The average Bonchev–Trinajstić information content (AvgIpc) is 3.31. The number of aromatic nitrogens is 4. The molecule has 2 heterocycles. The molecule has 2 N–H and O–H groups in total. The third-order valence-corrected chi connectivity index (χ3v) is 6.05. The number of nitrogens with zero attached hydrogens (tertiary/aromatic N) is 4. The zero-order valence-electron chi connectivity index (χ0n) is 18.7. The SMILES string of the molecule is CC(C)(C)C(=O)Nc1ccc(NS(=O)(=O)c2cccc(-c3nnc(-c4cnccn4)o3)c2)cc1. The van der Waals surface area contributed by atoms with Gasteiger partial charge in [-0.05, 0) is 42.5 Å². The van der Waals surface area contributed by atoms with Crippen LogP contribution in [0.15, 0.2) is 76.4 Å². The molecule has 0 aliphatic carbocycles. The lowest BCUT2D eigenvalue weighted by molar-refractivity contribution is -0.123. The first-order chi connectivity index (χ1) is 16.1. The molecule has 2 aromatic heterocycles. The van der Waals surface area contributed by atoms with E-state index in [1.807, 2.05) is 20.8 Å². The van der Waals surface area contributed by atoms with E-state index in [-0.39, 0.29) is 22.6 Å². The molecule has 0 atom stereocenters. The summed E-state index contributed by atoms with van der Waals surface area (Å²) in [5.41, 5.74) is 1.22. The number of carbonyl (C=O) groups excluding carboxylic acids is 1. The molecule has 0 bridgehead atoms. The molecule has 174 valence electrons. The van der Waals surface area contributed by atoms with Crippen LogP contribution in [-0.2, 0) is 14.8 Å². The van der Waals surface area contributed by atoms with Crippen molar-refractivity contribution in [2.45, 2.75) is 25.7 Å². The molecule has 0 spiro atoms. The third-order valence-electron chi connectivity index (χ3n) is 4.67. The minimum absolute atomic E-state index is 0.0226. The van der Waals surface area contributed by atoms with Crippen molar-refractivity contribution in [2.24, 2.45) is 5.41 Å². The van der Waals surface area contributed by atoms with Crippen molar-refractivity contribution < 1.29 is 17.6 Å². The number of nitrogens with one attached hydrogen (secondary N) is 2. The van der Waals surface area contributed by atoms with Gasteiger partial charge in [0.1, 0.15) is 5.69 Å². The molecule has 11 heteroatoms. The number of amides is 1. The third kappa shape index (κ3) is 5.26. The molecular weight excluding hydrogens is 456 g/mol. The number of anilines is 2. The summed E-state index contributed by atoms with van der Waals surface area (Å²) in [6.45, 7) is 5.43. The van der Waals surface area contributed by atoms with E-state index in [9.17, 15) is 13.2 Å². The Hall–Kier alpha value is -4.12. The van der Waals surface area contributed by atoms with Crippen LogP contribution in [0.25, 0.3) is 23.0 Å². The summed E-state index contributed by atoms with van der Waals surface area (Å²) in [5.74, 6) is 0.186. The highest BCUT2D eigenvalue weighted by Gasteiger charge is 2.21. The van der Waals surface area contributed by atoms with Crippen molar-refractivity contribution in [1.29, 1.82) is 0 Å². The van der Waals surface area contributed by atoms with Gasteiger partial charge in [-0.3, -0.25) is 14.5 Å². The van der Waals surface area contributed by atoms with Gasteiger partial charge in [-0.15, -0.1) is 10.2 Å². The first-order valence-electron chi connectivity index (χ1n) is 10.3. The molecule has 0 unspecified atom stereocenters. The van der Waals surface area contributed by atoms with Crippen molar-refractivity contribution in [3.63, 3.8) is 0 Å². The van der Waals surface area contributed by atoms with Gasteiger partial charge in [0.25, 0.3) is 15.9 Å². The van der Waals surface area contributed by atoms with Gasteiger partial charge in [0.2, 0.25) is 11.8 Å². The van der Waals surface area contributed by atoms with Crippen LogP contribution >= 0.6 is 0 Å². The predicted molar refractivity (Wildman–Crippen MR) is 126 cm³/mol. The zero-order chi connectivity index (χ0) is 24.3. The number of benzene rings is 2. The molecule has 0 aliphatic rings. The highest BCUT2D eigenvalue weighted by molar-refractivity contribution is 7.92. The molecule has 0 saturated heterocycles.